The molecule has 0 fully saturated rings. The number of allylic oxidation sites excluding steroid dienone is 12. The molecule has 160 valence electrons. The van der Waals surface area contributed by atoms with Gasteiger partial charge in [-0.15, -0.1) is 11.8 Å². The molecule has 1 unspecified atom stereocenters. The van der Waals surface area contributed by atoms with Crippen LogP contribution in [0, 0.1) is 10.8 Å². The van der Waals surface area contributed by atoms with Gasteiger partial charge in [-0.05, 0) is 80.9 Å². The summed E-state index contributed by atoms with van der Waals surface area (Å²) in [5.74, 6) is -0.306. The maximum atomic E-state index is 12.8. The average molecular weight is 440 g/mol. The highest BCUT2D eigenvalue weighted by Crippen LogP contribution is 2.49. The third kappa shape index (κ3) is 4.97. The molecule has 0 radical (unpaired) electrons. The summed E-state index contributed by atoms with van der Waals surface area (Å²) >= 11 is 3.59. The highest BCUT2D eigenvalue weighted by molar-refractivity contribution is 8.06. The smallest absolute Gasteiger partial charge is 0.191 e. The number of thioether (sulfide) groups is 2. The van der Waals surface area contributed by atoms with Crippen LogP contribution in [0.4, 0.5) is 0 Å². The molecular weight excluding hydrogens is 408 g/mol. The van der Waals surface area contributed by atoms with Gasteiger partial charge in [-0.25, -0.2) is 0 Å². The Kier molecular flexibility index (Phi) is 6.23. The monoisotopic (exact) mass is 439 g/mol. The maximum Gasteiger partial charge on any atom is 0.191 e. The van der Waals surface area contributed by atoms with Gasteiger partial charge in [0.1, 0.15) is 0 Å². The second-order valence-electron chi connectivity index (χ2n) is 10.1. The van der Waals surface area contributed by atoms with Gasteiger partial charge in [0.2, 0.25) is 0 Å². The van der Waals surface area contributed by atoms with Crippen molar-refractivity contribution in [3.05, 3.63) is 79.2 Å². The summed E-state index contributed by atoms with van der Waals surface area (Å²) < 4.78 is 0. The van der Waals surface area contributed by atoms with E-state index >= 15 is 0 Å². The van der Waals surface area contributed by atoms with Gasteiger partial charge in [0.15, 0.2) is 5.78 Å². The number of hydrogen-bond donors (Lipinski definition) is 0. The third-order valence-electron chi connectivity index (χ3n) is 5.06. The highest BCUT2D eigenvalue weighted by Gasteiger charge is 2.30. The lowest BCUT2D eigenvalue weighted by Gasteiger charge is -2.33. The molecule has 0 saturated heterocycles. The Hall–Kier alpha value is -1.65. The first-order chi connectivity index (χ1) is 13.8. The van der Waals surface area contributed by atoms with E-state index in [1.165, 1.54) is 14.7 Å². The van der Waals surface area contributed by atoms with E-state index in [9.17, 15) is 9.90 Å². The standard InChI is InChI=1S/C26H32O2S2/c1-15-9-17(10-16(2)29-15)11-19-23(27)20(24(19)28)12-18-13-21(25(3,4)5)30-22(14-18)26(6,7)8/h9-15,27H,1-8H3/p-1. The molecule has 0 aromatic heterocycles. The summed E-state index contributed by atoms with van der Waals surface area (Å²) in [7, 11) is 0. The summed E-state index contributed by atoms with van der Waals surface area (Å²) in [4.78, 5) is 16.5. The van der Waals surface area contributed by atoms with Gasteiger partial charge in [0.25, 0.3) is 0 Å². The van der Waals surface area contributed by atoms with Gasteiger partial charge < -0.3 is 5.11 Å². The average Bonchev–Trinajstić information content (AvgIpc) is 2.61. The van der Waals surface area contributed by atoms with E-state index in [2.05, 4.69) is 73.6 Å². The quantitative estimate of drug-likeness (QED) is 0.454. The molecule has 0 amide bonds. The number of rotatable bonds is 2. The van der Waals surface area contributed by atoms with Crippen LogP contribution in [0.15, 0.2) is 79.2 Å². The Labute approximate surface area is 189 Å². The van der Waals surface area contributed by atoms with E-state index in [1.54, 1.807) is 35.7 Å². The molecule has 1 aliphatic carbocycles. The Bertz CT molecular complexity index is 965. The predicted molar refractivity (Wildman–Crippen MR) is 130 cm³/mol. The Balaban J connectivity index is 1.98. The summed E-state index contributed by atoms with van der Waals surface area (Å²) in [5, 5.41) is 13.1. The van der Waals surface area contributed by atoms with Gasteiger partial charge in [0, 0.05) is 16.4 Å². The normalized spacial score (nSPS) is 24.3. The number of carbonyl (C=O) groups excluding carboxylic acids is 1. The fourth-order valence-corrected chi connectivity index (χ4v) is 5.63. The van der Waals surface area contributed by atoms with E-state index in [-0.39, 0.29) is 27.9 Å². The van der Waals surface area contributed by atoms with Crippen molar-refractivity contribution in [3.8, 4) is 0 Å². The van der Waals surface area contributed by atoms with E-state index in [0.717, 1.165) is 11.1 Å². The number of ketones is 1. The molecule has 3 aliphatic rings. The number of carbonyl (C=O) groups is 1. The van der Waals surface area contributed by atoms with E-state index < -0.39 is 0 Å². The largest absolute Gasteiger partial charge is 0.871 e. The summed E-state index contributed by atoms with van der Waals surface area (Å²) in [6.45, 7) is 17.3. The van der Waals surface area contributed by atoms with Crippen LogP contribution in [0.25, 0.3) is 0 Å². The predicted octanol–water partition coefficient (Wildman–Crippen LogP) is 6.61. The minimum Gasteiger partial charge on any atom is -0.871 e. The van der Waals surface area contributed by atoms with Gasteiger partial charge in [-0.1, -0.05) is 65.1 Å². The van der Waals surface area contributed by atoms with Crippen molar-refractivity contribution in [2.24, 2.45) is 10.8 Å². The second kappa shape index (κ2) is 8.12. The molecule has 0 bridgehead atoms. The van der Waals surface area contributed by atoms with Crippen LogP contribution in [0.2, 0.25) is 0 Å². The van der Waals surface area contributed by atoms with Gasteiger partial charge in [-0.2, -0.15) is 0 Å². The van der Waals surface area contributed by atoms with Gasteiger partial charge >= 0.3 is 0 Å². The number of Topliss-reactive ketones (excluding diaryl/α,β-unsaturated/α-hetero) is 1. The van der Waals surface area contributed by atoms with Crippen molar-refractivity contribution in [1.82, 2.24) is 0 Å². The lowest BCUT2D eigenvalue weighted by Crippen LogP contribution is -2.29. The van der Waals surface area contributed by atoms with Crippen molar-refractivity contribution >= 4 is 29.3 Å². The minimum atomic E-state index is -0.153. The molecule has 30 heavy (non-hydrogen) atoms. The Morgan fingerprint density at radius 2 is 1.53 bits per heavy atom. The van der Waals surface area contributed by atoms with Gasteiger partial charge in [0.05, 0.1) is 0 Å². The zero-order chi connectivity index (χ0) is 22.4. The zero-order valence-electron chi connectivity index (χ0n) is 19.2. The van der Waals surface area contributed by atoms with Crippen molar-refractivity contribution in [1.29, 1.82) is 0 Å². The molecule has 3 rings (SSSR count). The molecular formula is C26H31O2S2-. The lowest BCUT2D eigenvalue weighted by molar-refractivity contribution is -0.300. The van der Waals surface area contributed by atoms with Crippen LogP contribution in [-0.2, 0) is 4.79 Å². The van der Waals surface area contributed by atoms with Crippen LogP contribution < -0.4 is 5.11 Å². The van der Waals surface area contributed by atoms with Crippen molar-refractivity contribution in [2.75, 3.05) is 0 Å². The SMILES string of the molecule is CC1=CC(C=C2C(=O)C(C=C3C=C(C(C)(C)C)SC(C(C)(C)C)=C3)=C2[O-])=CC(C)S1. The first kappa shape index (κ1) is 23.0. The molecule has 0 aromatic carbocycles. The minimum absolute atomic E-state index is 0.00420. The van der Waals surface area contributed by atoms with Crippen LogP contribution in [0.1, 0.15) is 55.4 Å². The lowest BCUT2D eigenvalue weighted by atomic mass is 9.84. The number of hydrogen-bond acceptors (Lipinski definition) is 4. The molecule has 0 aromatic rings. The van der Waals surface area contributed by atoms with Crippen molar-refractivity contribution < 1.29 is 9.90 Å². The molecule has 2 nitrogen and oxygen atoms in total. The highest BCUT2D eigenvalue weighted by atomic mass is 32.2. The molecule has 0 saturated carbocycles. The molecule has 0 N–H and O–H groups in total. The fourth-order valence-electron chi connectivity index (χ4n) is 3.38. The molecule has 2 heterocycles. The van der Waals surface area contributed by atoms with Crippen LogP contribution in [-0.4, -0.2) is 11.0 Å². The second-order valence-corrected chi connectivity index (χ2v) is 12.8. The molecule has 2 aliphatic heterocycles. The first-order valence-corrected chi connectivity index (χ1v) is 12.0. The van der Waals surface area contributed by atoms with E-state index in [1.807, 2.05) is 6.08 Å². The van der Waals surface area contributed by atoms with Crippen LogP contribution >= 0.6 is 23.5 Å². The molecule has 4 heteroatoms. The summed E-state index contributed by atoms with van der Waals surface area (Å²) in [5.41, 5.74) is 2.46. The van der Waals surface area contributed by atoms with E-state index in [4.69, 9.17) is 0 Å². The topological polar surface area (TPSA) is 40.1 Å². The third-order valence-corrected chi connectivity index (χ3v) is 7.96. The fraction of sp³-hybridized carbons (Fsp3) is 0.423. The van der Waals surface area contributed by atoms with E-state index in [0.29, 0.717) is 10.8 Å². The van der Waals surface area contributed by atoms with Crippen LogP contribution in [0.5, 0.6) is 0 Å². The Morgan fingerprint density at radius 1 is 0.967 bits per heavy atom. The Morgan fingerprint density at radius 3 is 2.00 bits per heavy atom. The molecule has 1 atom stereocenters. The summed E-state index contributed by atoms with van der Waals surface area (Å²) in [6.07, 6.45) is 11.9. The summed E-state index contributed by atoms with van der Waals surface area (Å²) in [6, 6.07) is 0. The van der Waals surface area contributed by atoms with Crippen molar-refractivity contribution in [3.63, 3.8) is 0 Å². The first-order valence-electron chi connectivity index (χ1n) is 10.3. The maximum absolute atomic E-state index is 12.8. The van der Waals surface area contributed by atoms with Crippen LogP contribution in [0.3, 0.4) is 0 Å². The van der Waals surface area contributed by atoms with Crippen molar-refractivity contribution in [2.45, 2.75) is 60.6 Å². The van der Waals surface area contributed by atoms with Gasteiger partial charge in [-0.3, -0.25) is 4.79 Å². The molecule has 0 spiro atoms. The zero-order valence-corrected chi connectivity index (χ0v) is 20.8.